The third kappa shape index (κ3) is 4.27. The van der Waals surface area contributed by atoms with E-state index in [4.69, 9.17) is 4.74 Å². The van der Waals surface area contributed by atoms with Crippen LogP contribution in [0.5, 0.6) is 0 Å². The Labute approximate surface area is 200 Å². The van der Waals surface area contributed by atoms with Crippen LogP contribution in [0.1, 0.15) is 49.9 Å². The van der Waals surface area contributed by atoms with Gasteiger partial charge >= 0.3 is 5.97 Å². The summed E-state index contributed by atoms with van der Waals surface area (Å²) in [6.07, 6.45) is 1.61. The van der Waals surface area contributed by atoms with Crippen molar-refractivity contribution >= 4 is 22.7 Å². The molecule has 178 valence electrons. The van der Waals surface area contributed by atoms with Crippen molar-refractivity contribution in [2.45, 2.75) is 39.8 Å². The Morgan fingerprint density at radius 1 is 1.09 bits per heavy atom. The number of Topliss-reactive ketones (excluding diaryl/α,β-unsaturated/α-hetero) is 1. The zero-order valence-corrected chi connectivity index (χ0v) is 19.5. The summed E-state index contributed by atoms with van der Waals surface area (Å²) in [6, 6.07) is 12.6. The van der Waals surface area contributed by atoms with Gasteiger partial charge in [-0.15, -0.1) is 0 Å². The Hall–Kier alpha value is -4.07. The van der Waals surface area contributed by atoms with Gasteiger partial charge in [0.25, 0.3) is 5.56 Å². The number of halogens is 1. The summed E-state index contributed by atoms with van der Waals surface area (Å²) in [5.74, 6) is -0.542. The first-order valence-electron chi connectivity index (χ1n) is 11.5. The van der Waals surface area contributed by atoms with Gasteiger partial charge in [0.05, 0.1) is 16.5 Å². The van der Waals surface area contributed by atoms with E-state index in [1.807, 2.05) is 18.4 Å². The highest BCUT2D eigenvalue weighted by Crippen LogP contribution is 2.20. The van der Waals surface area contributed by atoms with Crippen molar-refractivity contribution < 1.29 is 18.7 Å². The van der Waals surface area contributed by atoms with E-state index < -0.39 is 12.6 Å². The van der Waals surface area contributed by atoms with Crippen LogP contribution in [0.3, 0.4) is 0 Å². The van der Waals surface area contributed by atoms with E-state index >= 15 is 0 Å². The molecule has 4 aromatic rings. The lowest BCUT2D eigenvalue weighted by Gasteiger charge is -2.10. The lowest BCUT2D eigenvalue weighted by molar-refractivity contribution is 0.0474. The number of aryl methyl sites for hydroxylation is 2. The number of rotatable bonds is 6. The van der Waals surface area contributed by atoms with E-state index in [9.17, 15) is 18.8 Å². The highest BCUT2D eigenvalue weighted by Gasteiger charge is 2.20. The van der Waals surface area contributed by atoms with Gasteiger partial charge in [0.1, 0.15) is 11.6 Å². The van der Waals surface area contributed by atoms with Gasteiger partial charge in [-0.1, -0.05) is 12.1 Å². The predicted molar refractivity (Wildman–Crippen MR) is 128 cm³/mol. The van der Waals surface area contributed by atoms with E-state index in [1.165, 1.54) is 24.3 Å². The molecular weight excluding hydrogens is 449 g/mol. The second kappa shape index (κ2) is 8.94. The van der Waals surface area contributed by atoms with E-state index in [-0.39, 0.29) is 22.7 Å². The third-order valence-corrected chi connectivity index (χ3v) is 6.51. The molecule has 2 aromatic heterocycles. The van der Waals surface area contributed by atoms with Gasteiger partial charge in [0.2, 0.25) is 5.78 Å². The van der Waals surface area contributed by atoms with Crippen molar-refractivity contribution in [1.29, 1.82) is 0 Å². The molecule has 3 heterocycles. The summed E-state index contributed by atoms with van der Waals surface area (Å²) < 4.78 is 22.1. The number of ketones is 1. The van der Waals surface area contributed by atoms with Crippen LogP contribution >= 0.6 is 0 Å². The standard InChI is InChI=1S/C27H24FN3O4/c1-16-12-22(17(2)31(16)14-18-5-8-20(28)9-6-18)24(32)15-35-27(34)19-7-10-21-23(13-19)29-25-4-3-11-30(25)26(21)33/h5-10,12-13H,3-4,11,14-15H2,1-2H3. The minimum absolute atomic E-state index is 0.103. The zero-order valence-electron chi connectivity index (χ0n) is 19.5. The smallest absolute Gasteiger partial charge is 0.338 e. The molecule has 2 aromatic carbocycles. The number of hydrogen-bond donors (Lipinski definition) is 0. The van der Waals surface area contributed by atoms with E-state index in [0.717, 1.165) is 35.6 Å². The van der Waals surface area contributed by atoms with Gasteiger partial charge in [0.15, 0.2) is 6.61 Å². The monoisotopic (exact) mass is 473 g/mol. The van der Waals surface area contributed by atoms with Crippen LogP contribution in [-0.4, -0.2) is 32.5 Å². The number of fused-ring (bicyclic) bond motifs is 2. The van der Waals surface area contributed by atoms with Crippen LogP contribution in [0.25, 0.3) is 10.9 Å². The molecule has 0 saturated carbocycles. The van der Waals surface area contributed by atoms with Gasteiger partial charge in [-0.05, 0) is 62.2 Å². The minimum atomic E-state index is -0.650. The van der Waals surface area contributed by atoms with Crippen molar-refractivity contribution in [3.63, 3.8) is 0 Å². The van der Waals surface area contributed by atoms with Crippen molar-refractivity contribution in [2.24, 2.45) is 0 Å². The number of benzene rings is 2. The summed E-state index contributed by atoms with van der Waals surface area (Å²) in [5, 5.41) is 0.455. The van der Waals surface area contributed by atoms with Crippen LogP contribution in [-0.2, 0) is 24.2 Å². The van der Waals surface area contributed by atoms with Gasteiger partial charge in [-0.2, -0.15) is 0 Å². The van der Waals surface area contributed by atoms with Crippen molar-refractivity contribution in [1.82, 2.24) is 14.1 Å². The molecule has 0 bridgehead atoms. The summed E-state index contributed by atoms with van der Waals surface area (Å²) >= 11 is 0. The Kier molecular flexibility index (Phi) is 5.80. The highest BCUT2D eigenvalue weighted by atomic mass is 19.1. The Morgan fingerprint density at radius 3 is 2.63 bits per heavy atom. The molecule has 1 aliphatic heterocycles. The van der Waals surface area contributed by atoms with Crippen LogP contribution in [0.4, 0.5) is 4.39 Å². The summed E-state index contributed by atoms with van der Waals surface area (Å²) in [7, 11) is 0. The molecule has 0 fully saturated rings. The van der Waals surface area contributed by atoms with Crippen LogP contribution < -0.4 is 5.56 Å². The molecule has 0 amide bonds. The lowest BCUT2D eigenvalue weighted by Crippen LogP contribution is -2.21. The normalized spacial score (nSPS) is 12.7. The average Bonchev–Trinajstić information content (AvgIpc) is 3.43. The maximum atomic E-state index is 13.2. The first kappa shape index (κ1) is 22.7. The molecule has 0 unspecified atom stereocenters. The number of ether oxygens (including phenoxy) is 1. The van der Waals surface area contributed by atoms with Crippen LogP contribution in [0.2, 0.25) is 0 Å². The topological polar surface area (TPSA) is 83.2 Å². The van der Waals surface area contributed by atoms with Crippen LogP contribution in [0, 0.1) is 19.7 Å². The fourth-order valence-electron chi connectivity index (χ4n) is 4.60. The molecule has 0 atom stereocenters. The molecule has 7 nitrogen and oxygen atoms in total. The fraction of sp³-hybridized carbons (Fsp3) is 0.259. The second-order valence-electron chi connectivity index (χ2n) is 8.82. The minimum Gasteiger partial charge on any atom is -0.454 e. The number of esters is 1. The quantitative estimate of drug-likeness (QED) is 0.312. The largest absolute Gasteiger partial charge is 0.454 e. The number of carbonyl (C=O) groups is 2. The highest BCUT2D eigenvalue weighted by molar-refractivity contribution is 6.01. The third-order valence-electron chi connectivity index (χ3n) is 6.51. The summed E-state index contributed by atoms with van der Waals surface area (Å²) in [6.45, 7) is 4.47. The molecule has 0 saturated heterocycles. The van der Waals surface area contributed by atoms with E-state index in [1.54, 1.807) is 28.8 Å². The molecule has 0 spiro atoms. The summed E-state index contributed by atoms with van der Waals surface area (Å²) in [4.78, 5) is 42.6. The molecule has 1 aliphatic rings. The van der Waals surface area contributed by atoms with Crippen LogP contribution in [0.15, 0.2) is 53.3 Å². The lowest BCUT2D eigenvalue weighted by atomic mass is 10.1. The fourth-order valence-corrected chi connectivity index (χ4v) is 4.60. The maximum Gasteiger partial charge on any atom is 0.338 e. The summed E-state index contributed by atoms with van der Waals surface area (Å²) in [5.41, 5.74) is 3.59. The molecular formula is C27H24FN3O4. The van der Waals surface area contributed by atoms with Crippen molar-refractivity contribution in [2.75, 3.05) is 6.61 Å². The van der Waals surface area contributed by atoms with E-state index in [2.05, 4.69) is 4.98 Å². The van der Waals surface area contributed by atoms with Gasteiger partial charge in [-0.3, -0.25) is 14.2 Å². The number of hydrogen-bond acceptors (Lipinski definition) is 5. The number of aromatic nitrogens is 3. The average molecular weight is 474 g/mol. The Bertz CT molecular complexity index is 1530. The molecule has 0 radical (unpaired) electrons. The van der Waals surface area contributed by atoms with Crippen molar-refractivity contribution in [3.8, 4) is 0 Å². The first-order chi connectivity index (χ1) is 16.8. The van der Waals surface area contributed by atoms with Gasteiger partial charge in [0, 0.05) is 36.5 Å². The Balaban J connectivity index is 1.30. The predicted octanol–water partition coefficient (Wildman–Crippen LogP) is 3.99. The Morgan fingerprint density at radius 2 is 1.86 bits per heavy atom. The molecule has 0 aliphatic carbocycles. The SMILES string of the molecule is Cc1cc(C(=O)COC(=O)c2ccc3c(=O)n4c(nc3c2)CCC4)c(C)n1Cc1ccc(F)cc1. The second-order valence-corrected chi connectivity index (χ2v) is 8.82. The zero-order chi connectivity index (χ0) is 24.7. The molecule has 0 N–H and O–H groups in total. The van der Waals surface area contributed by atoms with Gasteiger partial charge in [-0.25, -0.2) is 14.2 Å². The van der Waals surface area contributed by atoms with E-state index in [0.29, 0.717) is 29.6 Å². The molecule has 5 rings (SSSR count). The van der Waals surface area contributed by atoms with Crippen molar-refractivity contribution in [3.05, 3.63) is 98.6 Å². The number of nitrogens with zero attached hydrogens (tertiary/aromatic N) is 3. The molecule has 8 heteroatoms. The maximum absolute atomic E-state index is 13.2. The van der Waals surface area contributed by atoms with Gasteiger partial charge < -0.3 is 9.30 Å². The molecule has 35 heavy (non-hydrogen) atoms. The first-order valence-corrected chi connectivity index (χ1v) is 11.5. The number of carbonyl (C=O) groups excluding carboxylic acids is 2.